The van der Waals surface area contributed by atoms with E-state index in [0.717, 1.165) is 17.9 Å². The summed E-state index contributed by atoms with van der Waals surface area (Å²) in [6.07, 6.45) is 9.67. The highest BCUT2D eigenvalue weighted by Crippen LogP contribution is 2.41. The summed E-state index contributed by atoms with van der Waals surface area (Å²) < 4.78 is 0. The molecule has 0 aromatic heterocycles. The van der Waals surface area contributed by atoms with Crippen LogP contribution in [0.3, 0.4) is 0 Å². The Morgan fingerprint density at radius 3 is 1.89 bits per heavy atom. The van der Waals surface area contributed by atoms with Crippen LogP contribution in [0.2, 0.25) is 0 Å². The fourth-order valence-electron chi connectivity index (χ4n) is 2.18. The molecular formula is C17H27OP. The Kier molecular flexibility index (Phi) is 8.75. The van der Waals surface area contributed by atoms with Gasteiger partial charge in [0, 0.05) is 5.56 Å². The van der Waals surface area contributed by atoms with E-state index in [-0.39, 0.29) is 0 Å². The van der Waals surface area contributed by atoms with E-state index in [9.17, 15) is 4.79 Å². The topological polar surface area (TPSA) is 17.1 Å². The van der Waals surface area contributed by atoms with E-state index in [0.29, 0.717) is 5.52 Å². The normalized spacial score (nSPS) is 10.9. The van der Waals surface area contributed by atoms with Crippen molar-refractivity contribution in [2.45, 2.75) is 52.4 Å². The summed E-state index contributed by atoms with van der Waals surface area (Å²) in [5, 5.41) is 0. The van der Waals surface area contributed by atoms with E-state index < -0.39 is 7.92 Å². The van der Waals surface area contributed by atoms with E-state index >= 15 is 0 Å². The lowest BCUT2D eigenvalue weighted by molar-refractivity contribution is 0.108. The van der Waals surface area contributed by atoms with Crippen LogP contribution >= 0.6 is 7.92 Å². The number of benzene rings is 1. The quantitative estimate of drug-likeness (QED) is 0.397. The van der Waals surface area contributed by atoms with Crippen molar-refractivity contribution in [2.24, 2.45) is 0 Å². The van der Waals surface area contributed by atoms with Gasteiger partial charge in [-0.1, -0.05) is 69.9 Å². The number of rotatable bonds is 10. The largest absolute Gasteiger partial charge is 0.289 e. The summed E-state index contributed by atoms with van der Waals surface area (Å²) in [5.74, 6) is 0. The third kappa shape index (κ3) is 6.34. The third-order valence-corrected chi connectivity index (χ3v) is 5.92. The number of hydrogen-bond acceptors (Lipinski definition) is 1. The fraction of sp³-hybridized carbons (Fsp3) is 0.588. The molecule has 0 aliphatic rings. The zero-order valence-corrected chi connectivity index (χ0v) is 13.3. The highest BCUT2D eigenvalue weighted by molar-refractivity contribution is 7.75. The van der Waals surface area contributed by atoms with Crippen molar-refractivity contribution < 1.29 is 4.79 Å². The third-order valence-electron chi connectivity index (χ3n) is 3.37. The van der Waals surface area contributed by atoms with Gasteiger partial charge >= 0.3 is 0 Å². The van der Waals surface area contributed by atoms with Crippen LogP contribution in [0, 0.1) is 0 Å². The Hall–Kier alpha value is -0.680. The second kappa shape index (κ2) is 10.1. The summed E-state index contributed by atoms with van der Waals surface area (Å²) >= 11 is 0. The molecule has 0 N–H and O–H groups in total. The Morgan fingerprint density at radius 1 is 0.895 bits per heavy atom. The van der Waals surface area contributed by atoms with Crippen molar-refractivity contribution in [1.29, 1.82) is 0 Å². The van der Waals surface area contributed by atoms with E-state index in [4.69, 9.17) is 0 Å². The zero-order chi connectivity index (χ0) is 13.9. The van der Waals surface area contributed by atoms with E-state index in [1.807, 2.05) is 30.3 Å². The van der Waals surface area contributed by atoms with Gasteiger partial charge in [-0.25, -0.2) is 0 Å². The first-order valence-electron chi connectivity index (χ1n) is 7.64. The van der Waals surface area contributed by atoms with Crippen molar-refractivity contribution in [1.82, 2.24) is 0 Å². The lowest BCUT2D eigenvalue weighted by atomic mass is 10.2. The Balaban J connectivity index is 2.57. The van der Waals surface area contributed by atoms with Gasteiger partial charge in [-0.05, 0) is 33.1 Å². The van der Waals surface area contributed by atoms with Gasteiger partial charge in [-0.3, -0.25) is 4.79 Å². The van der Waals surface area contributed by atoms with Gasteiger partial charge in [-0.15, -0.1) is 0 Å². The van der Waals surface area contributed by atoms with Gasteiger partial charge < -0.3 is 0 Å². The molecule has 0 unspecified atom stereocenters. The van der Waals surface area contributed by atoms with Crippen molar-refractivity contribution >= 4 is 13.4 Å². The smallest absolute Gasteiger partial charge is 0.184 e. The van der Waals surface area contributed by atoms with Crippen LogP contribution in [0.5, 0.6) is 0 Å². The number of hydrogen-bond donors (Lipinski definition) is 0. The number of carbonyl (C=O) groups excluding carboxylic acids is 1. The molecule has 0 atom stereocenters. The molecule has 0 aliphatic carbocycles. The lowest BCUT2D eigenvalue weighted by Gasteiger charge is -2.16. The van der Waals surface area contributed by atoms with Gasteiger partial charge in [0.25, 0.3) is 0 Å². The lowest BCUT2D eigenvalue weighted by Crippen LogP contribution is -2.04. The maximum Gasteiger partial charge on any atom is 0.184 e. The zero-order valence-electron chi connectivity index (χ0n) is 12.4. The van der Waals surface area contributed by atoms with Gasteiger partial charge in [0.05, 0.1) is 0 Å². The number of carbonyl (C=O) groups is 1. The molecule has 0 radical (unpaired) electrons. The number of unbranched alkanes of at least 4 members (excludes halogenated alkanes) is 4. The molecule has 0 fully saturated rings. The molecule has 0 heterocycles. The van der Waals surface area contributed by atoms with E-state index in [2.05, 4.69) is 13.8 Å². The van der Waals surface area contributed by atoms with Gasteiger partial charge in [0.1, 0.15) is 0 Å². The molecule has 0 spiro atoms. The standard InChI is InChI=1S/C17H27OP/c1-3-5-10-14-19(15-11-6-4-2)17(18)16-12-8-7-9-13-16/h7-9,12-13H,3-6,10-11,14-15H2,1-2H3. The van der Waals surface area contributed by atoms with Crippen LogP contribution in [0.4, 0.5) is 0 Å². The predicted molar refractivity (Wildman–Crippen MR) is 86.5 cm³/mol. The second-order valence-corrected chi connectivity index (χ2v) is 7.45. The fourth-order valence-corrected chi connectivity index (χ4v) is 4.54. The first kappa shape index (κ1) is 16.4. The molecule has 1 aromatic rings. The molecule has 1 aromatic carbocycles. The van der Waals surface area contributed by atoms with Crippen LogP contribution in [-0.4, -0.2) is 17.8 Å². The Bertz CT molecular complexity index is 338. The summed E-state index contributed by atoms with van der Waals surface area (Å²) in [4.78, 5) is 12.6. The van der Waals surface area contributed by atoms with Crippen LogP contribution in [0.1, 0.15) is 62.7 Å². The minimum atomic E-state index is -0.460. The van der Waals surface area contributed by atoms with Crippen molar-refractivity contribution in [3.63, 3.8) is 0 Å². The van der Waals surface area contributed by atoms with E-state index in [1.165, 1.54) is 38.5 Å². The minimum Gasteiger partial charge on any atom is -0.289 e. The molecule has 0 saturated carbocycles. The Morgan fingerprint density at radius 2 is 1.42 bits per heavy atom. The van der Waals surface area contributed by atoms with Gasteiger partial charge in [-0.2, -0.15) is 0 Å². The van der Waals surface area contributed by atoms with Crippen LogP contribution in [0.25, 0.3) is 0 Å². The molecular weight excluding hydrogens is 251 g/mol. The van der Waals surface area contributed by atoms with Crippen LogP contribution < -0.4 is 0 Å². The average Bonchev–Trinajstić information content (AvgIpc) is 2.46. The molecule has 0 saturated heterocycles. The molecule has 19 heavy (non-hydrogen) atoms. The van der Waals surface area contributed by atoms with Crippen molar-refractivity contribution in [3.05, 3.63) is 35.9 Å². The summed E-state index contributed by atoms with van der Waals surface area (Å²) in [6.45, 7) is 4.44. The first-order chi connectivity index (χ1) is 9.29. The molecule has 0 aliphatic heterocycles. The predicted octanol–water partition coefficient (Wildman–Crippen LogP) is 5.69. The van der Waals surface area contributed by atoms with Crippen molar-refractivity contribution in [2.75, 3.05) is 12.3 Å². The van der Waals surface area contributed by atoms with Crippen LogP contribution in [0.15, 0.2) is 30.3 Å². The molecule has 106 valence electrons. The monoisotopic (exact) mass is 278 g/mol. The summed E-state index contributed by atoms with van der Waals surface area (Å²) in [7, 11) is -0.460. The highest BCUT2D eigenvalue weighted by Gasteiger charge is 2.18. The van der Waals surface area contributed by atoms with Gasteiger partial charge in [0.2, 0.25) is 0 Å². The van der Waals surface area contributed by atoms with Crippen molar-refractivity contribution in [3.8, 4) is 0 Å². The first-order valence-corrected chi connectivity index (χ1v) is 9.35. The maximum atomic E-state index is 12.6. The SMILES string of the molecule is CCCCCP(CCCCC)C(=O)c1ccccc1. The second-order valence-electron chi connectivity index (χ2n) is 5.07. The summed E-state index contributed by atoms with van der Waals surface area (Å²) in [5.41, 5.74) is 1.34. The maximum absolute atomic E-state index is 12.6. The molecule has 1 rings (SSSR count). The molecule has 1 nitrogen and oxygen atoms in total. The highest BCUT2D eigenvalue weighted by atomic mass is 31.1. The summed E-state index contributed by atoms with van der Waals surface area (Å²) in [6, 6.07) is 9.86. The van der Waals surface area contributed by atoms with Crippen LogP contribution in [-0.2, 0) is 0 Å². The average molecular weight is 278 g/mol. The van der Waals surface area contributed by atoms with Gasteiger partial charge in [0.15, 0.2) is 5.52 Å². The minimum absolute atomic E-state index is 0.419. The molecule has 2 heteroatoms. The Labute approximate surface area is 119 Å². The molecule has 0 amide bonds. The molecule has 0 bridgehead atoms. The van der Waals surface area contributed by atoms with E-state index in [1.54, 1.807) is 0 Å².